The van der Waals surface area contributed by atoms with Gasteiger partial charge in [0.1, 0.15) is 11.5 Å². The number of ether oxygens (including phenoxy) is 2. The maximum absolute atomic E-state index is 12.6. The summed E-state index contributed by atoms with van der Waals surface area (Å²) in [5.41, 5.74) is 1.12. The van der Waals surface area contributed by atoms with E-state index < -0.39 is 5.92 Å². The smallest absolute Gasteiger partial charge is 0.310 e. The summed E-state index contributed by atoms with van der Waals surface area (Å²) in [6.45, 7) is 4.08. The molecule has 25 heavy (non-hydrogen) atoms. The molecule has 6 nitrogen and oxygen atoms in total. The molecule has 134 valence electrons. The van der Waals surface area contributed by atoms with Crippen LogP contribution < -0.4 is 4.74 Å². The van der Waals surface area contributed by atoms with Crippen LogP contribution in [0.5, 0.6) is 5.75 Å². The van der Waals surface area contributed by atoms with E-state index in [0.29, 0.717) is 11.5 Å². The Hall–Kier alpha value is -2.76. The monoisotopic (exact) mass is 345 g/mol. The van der Waals surface area contributed by atoms with Crippen molar-refractivity contribution in [1.82, 2.24) is 4.90 Å². The second kappa shape index (κ2) is 8.92. The predicted molar refractivity (Wildman–Crippen MR) is 92.0 cm³/mol. The Bertz CT molecular complexity index is 678. The first-order valence-corrected chi connectivity index (χ1v) is 8.07. The van der Waals surface area contributed by atoms with Gasteiger partial charge in [-0.05, 0) is 31.2 Å². The Labute approximate surface area is 147 Å². The molecule has 0 spiro atoms. The zero-order valence-electron chi connectivity index (χ0n) is 14.7. The normalized spacial score (nSPS) is 11.6. The number of carbonyl (C=O) groups is 2. The van der Waals surface area contributed by atoms with Gasteiger partial charge in [0, 0.05) is 6.54 Å². The lowest BCUT2D eigenvalue weighted by atomic mass is 10.1. The van der Waals surface area contributed by atoms with Crippen LogP contribution in [0, 0.1) is 12.8 Å². The van der Waals surface area contributed by atoms with Crippen molar-refractivity contribution < 1.29 is 23.5 Å². The Kier molecular flexibility index (Phi) is 6.62. The highest BCUT2D eigenvalue weighted by Gasteiger charge is 2.23. The van der Waals surface area contributed by atoms with E-state index in [1.807, 2.05) is 31.2 Å². The van der Waals surface area contributed by atoms with E-state index in [4.69, 9.17) is 13.9 Å². The fourth-order valence-corrected chi connectivity index (χ4v) is 2.32. The fourth-order valence-electron chi connectivity index (χ4n) is 2.32. The standard InChI is InChI=1S/C19H23NO5/c1-14-6-8-16(9-7-14)25-13-18(21)20(11-15(2)19(22)23-3)12-17-5-4-10-24-17/h4-10,15H,11-13H2,1-3H3. The van der Waals surface area contributed by atoms with E-state index in [0.717, 1.165) is 5.56 Å². The summed E-state index contributed by atoms with van der Waals surface area (Å²) in [7, 11) is 1.33. The molecule has 0 aliphatic carbocycles. The van der Waals surface area contributed by atoms with Crippen LogP contribution in [0.25, 0.3) is 0 Å². The maximum Gasteiger partial charge on any atom is 0.310 e. The third kappa shape index (κ3) is 5.67. The average Bonchev–Trinajstić information content (AvgIpc) is 3.12. The van der Waals surface area contributed by atoms with Crippen molar-refractivity contribution in [1.29, 1.82) is 0 Å². The van der Waals surface area contributed by atoms with E-state index >= 15 is 0 Å². The third-order valence-electron chi connectivity index (χ3n) is 3.76. The zero-order chi connectivity index (χ0) is 18.2. The molecule has 0 saturated heterocycles. The van der Waals surface area contributed by atoms with Crippen molar-refractivity contribution >= 4 is 11.9 Å². The van der Waals surface area contributed by atoms with Gasteiger partial charge >= 0.3 is 5.97 Å². The molecular formula is C19H23NO5. The molecule has 2 rings (SSSR count). The number of nitrogens with zero attached hydrogens (tertiary/aromatic N) is 1. The van der Waals surface area contributed by atoms with Gasteiger partial charge in [-0.25, -0.2) is 0 Å². The average molecular weight is 345 g/mol. The van der Waals surface area contributed by atoms with Gasteiger partial charge in [0.2, 0.25) is 0 Å². The van der Waals surface area contributed by atoms with Crippen molar-refractivity contribution in [3.05, 3.63) is 54.0 Å². The molecule has 0 aliphatic rings. The Balaban J connectivity index is 2.00. The summed E-state index contributed by atoms with van der Waals surface area (Å²) >= 11 is 0. The zero-order valence-corrected chi connectivity index (χ0v) is 14.7. The summed E-state index contributed by atoms with van der Waals surface area (Å²) in [6.07, 6.45) is 1.55. The molecule has 1 amide bonds. The molecule has 1 heterocycles. The predicted octanol–water partition coefficient (Wildman–Crippen LogP) is 2.80. The lowest BCUT2D eigenvalue weighted by Crippen LogP contribution is -2.39. The molecule has 1 aromatic heterocycles. The van der Waals surface area contributed by atoms with Crippen LogP contribution in [-0.4, -0.2) is 37.0 Å². The van der Waals surface area contributed by atoms with Gasteiger partial charge in [0.25, 0.3) is 5.91 Å². The number of aryl methyl sites for hydroxylation is 1. The minimum Gasteiger partial charge on any atom is -0.484 e. The van der Waals surface area contributed by atoms with E-state index in [-0.39, 0.29) is 31.6 Å². The third-order valence-corrected chi connectivity index (χ3v) is 3.76. The molecule has 0 saturated carbocycles. The first kappa shape index (κ1) is 18.6. The summed E-state index contributed by atoms with van der Waals surface area (Å²) < 4.78 is 15.6. The molecule has 1 aromatic carbocycles. The molecule has 0 N–H and O–H groups in total. The summed E-state index contributed by atoms with van der Waals surface area (Å²) in [5.74, 6) is 0.228. The minimum absolute atomic E-state index is 0.113. The molecule has 0 aliphatic heterocycles. The number of amides is 1. The number of furan rings is 1. The second-order valence-corrected chi connectivity index (χ2v) is 5.88. The highest BCUT2D eigenvalue weighted by Crippen LogP contribution is 2.13. The van der Waals surface area contributed by atoms with E-state index in [9.17, 15) is 9.59 Å². The van der Waals surface area contributed by atoms with Crippen LogP contribution in [0.1, 0.15) is 18.2 Å². The van der Waals surface area contributed by atoms with Crippen LogP contribution >= 0.6 is 0 Å². The summed E-state index contributed by atoms with van der Waals surface area (Å²) in [6, 6.07) is 11.0. The topological polar surface area (TPSA) is 69.0 Å². The first-order chi connectivity index (χ1) is 12.0. The molecule has 1 atom stereocenters. The Morgan fingerprint density at radius 1 is 1.20 bits per heavy atom. The number of esters is 1. The van der Waals surface area contributed by atoms with Gasteiger partial charge in [0.15, 0.2) is 6.61 Å². The molecule has 0 bridgehead atoms. The lowest BCUT2D eigenvalue weighted by Gasteiger charge is -2.24. The Morgan fingerprint density at radius 3 is 2.52 bits per heavy atom. The van der Waals surface area contributed by atoms with Crippen molar-refractivity contribution in [2.24, 2.45) is 5.92 Å². The van der Waals surface area contributed by atoms with Crippen molar-refractivity contribution in [2.75, 3.05) is 20.3 Å². The van der Waals surface area contributed by atoms with E-state index in [1.54, 1.807) is 25.3 Å². The van der Waals surface area contributed by atoms with E-state index in [2.05, 4.69) is 0 Å². The van der Waals surface area contributed by atoms with Crippen LogP contribution in [0.4, 0.5) is 0 Å². The van der Waals surface area contributed by atoms with Crippen LogP contribution in [-0.2, 0) is 20.9 Å². The van der Waals surface area contributed by atoms with E-state index in [1.165, 1.54) is 12.0 Å². The van der Waals surface area contributed by atoms with Gasteiger partial charge in [-0.1, -0.05) is 24.6 Å². The van der Waals surface area contributed by atoms with Gasteiger partial charge in [-0.2, -0.15) is 0 Å². The summed E-state index contributed by atoms with van der Waals surface area (Å²) in [5, 5.41) is 0. The SMILES string of the molecule is COC(=O)C(C)CN(Cc1ccco1)C(=O)COc1ccc(C)cc1. The van der Waals surface area contributed by atoms with Crippen molar-refractivity contribution in [3.63, 3.8) is 0 Å². The fraction of sp³-hybridized carbons (Fsp3) is 0.368. The molecule has 0 radical (unpaired) electrons. The number of hydrogen-bond donors (Lipinski definition) is 0. The number of benzene rings is 1. The first-order valence-electron chi connectivity index (χ1n) is 8.07. The Morgan fingerprint density at radius 2 is 1.92 bits per heavy atom. The maximum atomic E-state index is 12.6. The quantitative estimate of drug-likeness (QED) is 0.688. The molecular weight excluding hydrogens is 322 g/mol. The number of methoxy groups -OCH3 is 1. The molecule has 1 unspecified atom stereocenters. The van der Waals surface area contributed by atoms with Crippen LogP contribution in [0.15, 0.2) is 47.1 Å². The van der Waals surface area contributed by atoms with Gasteiger partial charge in [0.05, 0.1) is 25.8 Å². The van der Waals surface area contributed by atoms with Gasteiger partial charge in [-0.15, -0.1) is 0 Å². The number of carbonyl (C=O) groups excluding carboxylic acids is 2. The van der Waals surface area contributed by atoms with Crippen molar-refractivity contribution in [2.45, 2.75) is 20.4 Å². The van der Waals surface area contributed by atoms with Crippen LogP contribution in [0.2, 0.25) is 0 Å². The largest absolute Gasteiger partial charge is 0.484 e. The molecule has 6 heteroatoms. The minimum atomic E-state index is -0.441. The van der Waals surface area contributed by atoms with Crippen molar-refractivity contribution in [3.8, 4) is 5.75 Å². The lowest BCUT2D eigenvalue weighted by molar-refractivity contribution is -0.147. The summed E-state index contributed by atoms with van der Waals surface area (Å²) in [4.78, 5) is 25.8. The van der Waals surface area contributed by atoms with Gasteiger partial charge < -0.3 is 18.8 Å². The van der Waals surface area contributed by atoms with Gasteiger partial charge in [-0.3, -0.25) is 9.59 Å². The van der Waals surface area contributed by atoms with Crippen LogP contribution in [0.3, 0.4) is 0 Å². The highest BCUT2D eigenvalue weighted by atomic mass is 16.5. The number of hydrogen-bond acceptors (Lipinski definition) is 5. The second-order valence-electron chi connectivity index (χ2n) is 5.88. The molecule has 0 fully saturated rings. The molecule has 2 aromatic rings. The number of rotatable bonds is 8. The highest BCUT2D eigenvalue weighted by molar-refractivity contribution is 5.79.